The highest BCUT2D eigenvalue weighted by Gasteiger charge is 2.02. The van der Waals surface area contributed by atoms with Gasteiger partial charge in [-0.1, -0.05) is 27.7 Å². The monoisotopic (exact) mass is 172 g/mol. The van der Waals surface area contributed by atoms with E-state index in [1.165, 1.54) is 11.5 Å². The van der Waals surface area contributed by atoms with Crippen molar-refractivity contribution in [2.75, 3.05) is 0 Å². The molecule has 0 radical (unpaired) electrons. The summed E-state index contributed by atoms with van der Waals surface area (Å²) in [7, 11) is 0. The second-order valence-corrected chi connectivity index (χ2v) is 3.12. The molecule has 0 saturated carbocycles. The molecular formula is C8H16N2S. The fourth-order valence-electron chi connectivity index (χ4n) is 0.548. The van der Waals surface area contributed by atoms with Crippen LogP contribution in [0.2, 0.25) is 0 Å². The minimum atomic E-state index is 0.524. The maximum absolute atomic E-state index is 4.22. The van der Waals surface area contributed by atoms with Gasteiger partial charge in [0.15, 0.2) is 0 Å². The summed E-state index contributed by atoms with van der Waals surface area (Å²) in [5.41, 5.74) is 0. The molecule has 0 saturated heterocycles. The Bertz CT molecular complexity index is 194. The molecule has 64 valence electrons. The van der Waals surface area contributed by atoms with Crippen molar-refractivity contribution in [2.24, 2.45) is 0 Å². The van der Waals surface area contributed by atoms with Crippen molar-refractivity contribution in [2.45, 2.75) is 40.5 Å². The van der Waals surface area contributed by atoms with Crippen molar-refractivity contribution < 1.29 is 0 Å². The zero-order chi connectivity index (χ0) is 8.85. The second kappa shape index (κ2) is 5.24. The van der Waals surface area contributed by atoms with Crippen molar-refractivity contribution in [3.63, 3.8) is 0 Å². The Kier molecular flexibility index (Phi) is 5.03. The van der Waals surface area contributed by atoms with Crippen molar-refractivity contribution in [1.82, 2.24) is 9.36 Å². The molecule has 0 bridgehead atoms. The lowest BCUT2D eigenvalue weighted by Crippen LogP contribution is -1.84. The van der Waals surface area contributed by atoms with Crippen LogP contribution in [0.4, 0.5) is 0 Å². The largest absolute Gasteiger partial charge is 0.225 e. The maximum Gasteiger partial charge on any atom is 0.139 e. The molecule has 0 aliphatic heterocycles. The number of nitrogens with zero attached hydrogens (tertiary/aromatic N) is 2. The molecule has 0 N–H and O–H groups in total. The van der Waals surface area contributed by atoms with Crippen molar-refractivity contribution in [3.8, 4) is 0 Å². The molecular weight excluding hydrogens is 156 g/mol. The van der Waals surface area contributed by atoms with E-state index in [-0.39, 0.29) is 0 Å². The number of hydrogen-bond acceptors (Lipinski definition) is 3. The zero-order valence-electron chi connectivity index (χ0n) is 7.88. The van der Waals surface area contributed by atoms with E-state index in [4.69, 9.17) is 0 Å². The van der Waals surface area contributed by atoms with Crippen LogP contribution in [-0.4, -0.2) is 9.36 Å². The first-order valence-electron chi connectivity index (χ1n) is 4.00. The highest BCUT2D eigenvalue weighted by molar-refractivity contribution is 7.05. The molecule has 0 spiro atoms. The molecule has 11 heavy (non-hydrogen) atoms. The lowest BCUT2D eigenvalue weighted by atomic mass is 10.2. The number of aromatic nitrogens is 2. The first-order chi connectivity index (χ1) is 5.20. The van der Waals surface area contributed by atoms with E-state index < -0.39 is 0 Å². The summed E-state index contributed by atoms with van der Waals surface area (Å²) < 4.78 is 4.07. The van der Waals surface area contributed by atoms with Crippen LogP contribution in [0.15, 0.2) is 0 Å². The fraction of sp³-hybridized carbons (Fsp3) is 0.750. The van der Waals surface area contributed by atoms with Gasteiger partial charge in [0.1, 0.15) is 10.8 Å². The Hall–Kier alpha value is -0.440. The first kappa shape index (κ1) is 10.6. The Morgan fingerprint density at radius 3 is 2.00 bits per heavy atom. The predicted molar refractivity (Wildman–Crippen MR) is 50.1 cm³/mol. The molecule has 0 amide bonds. The Balaban J connectivity index is 0.000000461. The SMILES string of the molecule is CC.Cc1nsc(C(C)C)n1. The van der Waals surface area contributed by atoms with E-state index in [1.54, 1.807) is 0 Å². The molecule has 1 heterocycles. The predicted octanol–water partition coefficient (Wildman–Crippen LogP) is 3.00. The minimum Gasteiger partial charge on any atom is -0.225 e. The van der Waals surface area contributed by atoms with Crippen molar-refractivity contribution in [3.05, 3.63) is 10.8 Å². The molecule has 0 unspecified atom stereocenters. The molecule has 0 aromatic carbocycles. The number of aryl methyl sites for hydroxylation is 1. The highest BCUT2D eigenvalue weighted by Crippen LogP contribution is 2.15. The van der Waals surface area contributed by atoms with Gasteiger partial charge < -0.3 is 0 Å². The highest BCUT2D eigenvalue weighted by atomic mass is 32.1. The quantitative estimate of drug-likeness (QED) is 0.650. The van der Waals surface area contributed by atoms with Crippen molar-refractivity contribution in [1.29, 1.82) is 0 Å². The average Bonchev–Trinajstić information content (AvgIpc) is 2.40. The third-order valence-corrected chi connectivity index (χ3v) is 2.14. The topological polar surface area (TPSA) is 25.8 Å². The van der Waals surface area contributed by atoms with Crippen LogP contribution in [0.5, 0.6) is 0 Å². The third-order valence-electron chi connectivity index (χ3n) is 1.04. The lowest BCUT2D eigenvalue weighted by molar-refractivity contribution is 0.845. The van der Waals surface area contributed by atoms with Crippen LogP contribution in [0, 0.1) is 6.92 Å². The smallest absolute Gasteiger partial charge is 0.139 e. The van der Waals surface area contributed by atoms with Crippen LogP contribution >= 0.6 is 11.5 Å². The van der Waals surface area contributed by atoms with E-state index in [2.05, 4.69) is 23.2 Å². The molecule has 1 rings (SSSR count). The molecule has 0 aliphatic rings. The van der Waals surface area contributed by atoms with E-state index in [0.717, 1.165) is 10.8 Å². The van der Waals surface area contributed by atoms with Gasteiger partial charge in [-0.15, -0.1) is 0 Å². The summed E-state index contributed by atoms with van der Waals surface area (Å²) in [5.74, 6) is 1.42. The standard InChI is InChI=1S/C6H10N2S.C2H6/c1-4(2)6-7-5(3)8-9-6;1-2/h4H,1-3H3;1-2H3. The van der Waals surface area contributed by atoms with Gasteiger partial charge in [0.05, 0.1) is 0 Å². The molecule has 0 aliphatic carbocycles. The van der Waals surface area contributed by atoms with Gasteiger partial charge in [0.25, 0.3) is 0 Å². The maximum atomic E-state index is 4.22. The Morgan fingerprint density at radius 2 is 1.82 bits per heavy atom. The molecule has 0 fully saturated rings. The molecule has 3 heteroatoms. The summed E-state index contributed by atoms with van der Waals surface area (Å²) in [6, 6.07) is 0. The van der Waals surface area contributed by atoms with Crippen LogP contribution in [0.1, 0.15) is 44.4 Å². The van der Waals surface area contributed by atoms with Gasteiger partial charge in [-0.25, -0.2) is 4.98 Å². The van der Waals surface area contributed by atoms with Crippen LogP contribution in [-0.2, 0) is 0 Å². The average molecular weight is 172 g/mol. The number of hydrogen-bond donors (Lipinski definition) is 0. The molecule has 1 aromatic heterocycles. The van der Waals surface area contributed by atoms with Gasteiger partial charge >= 0.3 is 0 Å². The molecule has 2 nitrogen and oxygen atoms in total. The van der Waals surface area contributed by atoms with E-state index in [9.17, 15) is 0 Å². The van der Waals surface area contributed by atoms with Crippen LogP contribution < -0.4 is 0 Å². The van der Waals surface area contributed by atoms with Gasteiger partial charge in [-0.3, -0.25) is 0 Å². The summed E-state index contributed by atoms with van der Waals surface area (Å²) in [5, 5.41) is 1.13. The Morgan fingerprint density at radius 1 is 1.27 bits per heavy atom. The summed E-state index contributed by atoms with van der Waals surface area (Å²) in [4.78, 5) is 4.22. The molecule has 1 aromatic rings. The van der Waals surface area contributed by atoms with Gasteiger partial charge in [0.2, 0.25) is 0 Å². The third kappa shape index (κ3) is 3.46. The van der Waals surface area contributed by atoms with Gasteiger partial charge in [-0.05, 0) is 18.5 Å². The van der Waals surface area contributed by atoms with E-state index in [0.29, 0.717) is 5.92 Å². The lowest BCUT2D eigenvalue weighted by Gasteiger charge is -1.92. The van der Waals surface area contributed by atoms with Crippen LogP contribution in [0.25, 0.3) is 0 Å². The summed E-state index contributed by atoms with van der Waals surface area (Å²) >= 11 is 1.50. The number of rotatable bonds is 1. The van der Waals surface area contributed by atoms with Gasteiger partial charge in [0, 0.05) is 5.92 Å². The first-order valence-corrected chi connectivity index (χ1v) is 4.77. The summed E-state index contributed by atoms with van der Waals surface area (Å²) in [6.07, 6.45) is 0. The van der Waals surface area contributed by atoms with E-state index >= 15 is 0 Å². The van der Waals surface area contributed by atoms with Crippen LogP contribution in [0.3, 0.4) is 0 Å². The minimum absolute atomic E-state index is 0.524. The van der Waals surface area contributed by atoms with Crippen molar-refractivity contribution >= 4 is 11.5 Å². The normalized spacial score (nSPS) is 9.27. The Labute approximate surface area is 72.8 Å². The molecule has 0 atom stereocenters. The second-order valence-electron chi connectivity index (χ2n) is 2.33. The van der Waals surface area contributed by atoms with Gasteiger partial charge in [-0.2, -0.15) is 4.37 Å². The fourth-order valence-corrected chi connectivity index (χ4v) is 1.20. The van der Waals surface area contributed by atoms with E-state index in [1.807, 2.05) is 20.8 Å². The summed E-state index contributed by atoms with van der Waals surface area (Å²) in [6.45, 7) is 10.2. The zero-order valence-corrected chi connectivity index (χ0v) is 8.70.